The Morgan fingerprint density at radius 3 is 2.62 bits per heavy atom. The van der Waals surface area contributed by atoms with Gasteiger partial charge in [0.05, 0.1) is 12.3 Å². The van der Waals surface area contributed by atoms with Crippen LogP contribution in [0, 0.1) is 0 Å². The molecule has 0 aromatic carbocycles. The maximum Gasteiger partial charge on any atom is 0.352 e. The number of aromatic nitrogens is 1. The molecule has 0 unspecified atom stereocenters. The zero-order chi connectivity index (χ0) is 10.0. The molecule has 0 aliphatic carbocycles. The van der Waals surface area contributed by atoms with Gasteiger partial charge in [0.15, 0.2) is 5.75 Å². The maximum absolute atomic E-state index is 10.9. The van der Waals surface area contributed by atoms with Gasteiger partial charge < -0.3 is 20.3 Å². The van der Waals surface area contributed by atoms with Crippen LogP contribution >= 0.6 is 0 Å². The van der Waals surface area contributed by atoms with E-state index in [1.54, 1.807) is 0 Å². The molecule has 0 amide bonds. The maximum atomic E-state index is 10.9. The molecule has 1 heterocycles. The molecule has 70 valence electrons. The van der Waals surface area contributed by atoms with Crippen molar-refractivity contribution in [3.8, 4) is 5.75 Å². The molecule has 0 aliphatic rings. The van der Waals surface area contributed by atoms with Crippen molar-refractivity contribution in [1.82, 2.24) is 4.98 Å². The van der Waals surface area contributed by atoms with Crippen LogP contribution in [0.3, 0.4) is 0 Å². The number of aromatic amines is 1. The van der Waals surface area contributed by atoms with E-state index in [9.17, 15) is 9.59 Å². The van der Waals surface area contributed by atoms with Crippen LogP contribution in [0.1, 0.15) is 16.2 Å². The van der Waals surface area contributed by atoms with Crippen LogP contribution in [-0.4, -0.2) is 26.3 Å². The predicted octanol–water partition coefficient (Wildman–Crippen LogP) is -0.729. The Bertz CT molecular complexity index is 394. The van der Waals surface area contributed by atoms with Crippen LogP contribution < -0.4 is 5.43 Å². The van der Waals surface area contributed by atoms with Gasteiger partial charge >= 0.3 is 5.97 Å². The molecule has 1 rings (SSSR count). The van der Waals surface area contributed by atoms with Crippen LogP contribution in [-0.2, 0) is 6.61 Å². The van der Waals surface area contributed by atoms with E-state index in [1.165, 1.54) is 0 Å². The number of aliphatic hydroxyl groups excluding tert-OH is 1. The van der Waals surface area contributed by atoms with Gasteiger partial charge in [0.1, 0.15) is 5.69 Å². The number of carbonyl (C=O) groups is 1. The third-order valence-electron chi connectivity index (χ3n) is 1.47. The van der Waals surface area contributed by atoms with E-state index in [1.807, 2.05) is 0 Å². The third-order valence-corrected chi connectivity index (χ3v) is 1.47. The van der Waals surface area contributed by atoms with Gasteiger partial charge in [-0.3, -0.25) is 4.79 Å². The van der Waals surface area contributed by atoms with Gasteiger partial charge in [-0.15, -0.1) is 0 Å². The third kappa shape index (κ3) is 1.67. The monoisotopic (exact) mass is 185 g/mol. The lowest BCUT2D eigenvalue weighted by atomic mass is 10.2. The first kappa shape index (κ1) is 9.27. The van der Waals surface area contributed by atoms with Gasteiger partial charge in [0.25, 0.3) is 0 Å². The van der Waals surface area contributed by atoms with Gasteiger partial charge in [0.2, 0.25) is 5.43 Å². The average Bonchev–Trinajstić information content (AvgIpc) is 2.09. The summed E-state index contributed by atoms with van der Waals surface area (Å²) < 4.78 is 0. The molecule has 6 nitrogen and oxygen atoms in total. The van der Waals surface area contributed by atoms with Crippen LogP contribution in [0.2, 0.25) is 0 Å². The first-order chi connectivity index (χ1) is 6.06. The highest BCUT2D eigenvalue weighted by molar-refractivity contribution is 5.85. The van der Waals surface area contributed by atoms with E-state index in [4.69, 9.17) is 15.3 Å². The van der Waals surface area contributed by atoms with E-state index >= 15 is 0 Å². The number of hydrogen-bond donors (Lipinski definition) is 4. The molecule has 1 aromatic rings. The van der Waals surface area contributed by atoms with Crippen molar-refractivity contribution in [3.63, 3.8) is 0 Å². The molecule has 1 aromatic heterocycles. The zero-order valence-corrected chi connectivity index (χ0v) is 6.44. The summed E-state index contributed by atoms with van der Waals surface area (Å²) in [6, 6.07) is 0.747. The number of H-pyrrole nitrogens is 1. The smallest absolute Gasteiger partial charge is 0.352 e. The van der Waals surface area contributed by atoms with Crippen molar-refractivity contribution in [2.45, 2.75) is 6.61 Å². The summed E-state index contributed by atoms with van der Waals surface area (Å²) >= 11 is 0. The molecule has 0 saturated heterocycles. The Morgan fingerprint density at radius 2 is 2.15 bits per heavy atom. The fourth-order valence-electron chi connectivity index (χ4n) is 0.836. The molecule has 0 fully saturated rings. The van der Waals surface area contributed by atoms with Crippen molar-refractivity contribution in [2.24, 2.45) is 0 Å². The zero-order valence-electron chi connectivity index (χ0n) is 6.44. The molecular formula is C7H7NO5. The lowest BCUT2D eigenvalue weighted by molar-refractivity contribution is 0.0689. The lowest BCUT2D eigenvalue weighted by Gasteiger charge is -2.01. The second-order valence-electron chi connectivity index (χ2n) is 2.34. The number of hydrogen-bond acceptors (Lipinski definition) is 4. The highest BCUT2D eigenvalue weighted by atomic mass is 16.4. The summed E-state index contributed by atoms with van der Waals surface area (Å²) in [5.74, 6) is -1.99. The molecule has 4 N–H and O–H groups in total. The van der Waals surface area contributed by atoms with Gasteiger partial charge in [-0.1, -0.05) is 0 Å². The molecule has 0 atom stereocenters. The van der Waals surface area contributed by atoms with E-state index in [2.05, 4.69) is 4.98 Å². The predicted molar refractivity (Wildman–Crippen MR) is 41.6 cm³/mol. The quantitative estimate of drug-likeness (QED) is 0.485. The fraction of sp³-hybridized carbons (Fsp3) is 0.143. The van der Waals surface area contributed by atoms with Gasteiger partial charge in [-0.05, 0) is 0 Å². The van der Waals surface area contributed by atoms with Gasteiger partial charge in [-0.25, -0.2) is 4.79 Å². The Kier molecular flexibility index (Phi) is 2.34. The van der Waals surface area contributed by atoms with Gasteiger partial charge in [-0.2, -0.15) is 0 Å². The SMILES string of the molecule is O=C(O)c1cc(=O)c(O)c(CO)[nH]1. The standard InChI is InChI=1S/C7H7NO5/c9-2-4-6(11)5(10)1-3(8-4)7(12)13/h1,9,11H,2H2,(H,8,10)(H,12,13). The molecule has 0 radical (unpaired) electrons. The van der Waals surface area contributed by atoms with Crippen LogP contribution in [0.15, 0.2) is 10.9 Å². The topological polar surface area (TPSA) is 111 Å². The minimum absolute atomic E-state index is 0.204. The van der Waals surface area contributed by atoms with E-state index in [-0.39, 0.29) is 11.4 Å². The molecule has 0 aliphatic heterocycles. The number of aromatic hydroxyl groups is 1. The van der Waals surface area contributed by atoms with Crippen LogP contribution in [0.4, 0.5) is 0 Å². The van der Waals surface area contributed by atoms with Crippen molar-refractivity contribution in [3.05, 3.63) is 27.7 Å². The summed E-state index contributed by atoms with van der Waals surface area (Å²) in [5.41, 5.74) is -1.41. The first-order valence-electron chi connectivity index (χ1n) is 3.35. The number of rotatable bonds is 2. The Morgan fingerprint density at radius 1 is 1.54 bits per heavy atom. The Hall–Kier alpha value is -1.82. The van der Waals surface area contributed by atoms with E-state index < -0.39 is 23.8 Å². The molecule has 0 spiro atoms. The number of carboxylic acid groups (broad SMARTS) is 1. The van der Waals surface area contributed by atoms with Crippen molar-refractivity contribution in [2.75, 3.05) is 0 Å². The van der Waals surface area contributed by atoms with Crippen molar-refractivity contribution >= 4 is 5.97 Å². The number of aliphatic hydroxyl groups is 1. The Labute approximate surface area is 72.1 Å². The highest BCUT2D eigenvalue weighted by Gasteiger charge is 2.11. The Balaban J connectivity index is 3.39. The first-order valence-corrected chi connectivity index (χ1v) is 3.35. The molecule has 0 bridgehead atoms. The highest BCUT2D eigenvalue weighted by Crippen LogP contribution is 2.08. The van der Waals surface area contributed by atoms with E-state index in [0.29, 0.717) is 0 Å². The minimum Gasteiger partial charge on any atom is -0.503 e. The minimum atomic E-state index is -1.33. The normalized spacial score (nSPS) is 9.92. The van der Waals surface area contributed by atoms with Crippen molar-refractivity contribution in [1.29, 1.82) is 0 Å². The van der Waals surface area contributed by atoms with Crippen LogP contribution in [0.5, 0.6) is 5.75 Å². The van der Waals surface area contributed by atoms with Crippen LogP contribution in [0.25, 0.3) is 0 Å². The van der Waals surface area contributed by atoms with E-state index in [0.717, 1.165) is 6.07 Å². The summed E-state index contributed by atoms with van der Waals surface area (Å²) in [6.07, 6.45) is 0. The lowest BCUT2D eigenvalue weighted by Crippen LogP contribution is -2.11. The second kappa shape index (κ2) is 3.28. The summed E-state index contributed by atoms with van der Waals surface area (Å²) in [6.45, 7) is -0.623. The summed E-state index contributed by atoms with van der Waals surface area (Å²) in [4.78, 5) is 23.5. The number of nitrogens with one attached hydrogen (secondary N) is 1. The largest absolute Gasteiger partial charge is 0.503 e. The summed E-state index contributed by atoms with van der Waals surface area (Å²) in [7, 11) is 0. The van der Waals surface area contributed by atoms with Crippen molar-refractivity contribution < 1.29 is 20.1 Å². The second-order valence-corrected chi connectivity index (χ2v) is 2.34. The molecule has 13 heavy (non-hydrogen) atoms. The molecule has 0 saturated carbocycles. The average molecular weight is 185 g/mol. The summed E-state index contributed by atoms with van der Waals surface area (Å²) in [5, 5.41) is 26.1. The fourth-order valence-corrected chi connectivity index (χ4v) is 0.836. The number of aromatic carboxylic acids is 1. The number of carboxylic acids is 1. The van der Waals surface area contributed by atoms with Gasteiger partial charge in [0, 0.05) is 6.07 Å². The number of pyridine rings is 1. The molecule has 6 heteroatoms. The molecular weight excluding hydrogens is 178 g/mol.